The molecular weight excluding hydrogens is 513 g/mol. The normalized spacial score (nSPS) is 14.3. The first-order valence-electron chi connectivity index (χ1n) is 12.5. The Balaban J connectivity index is 1.17. The number of morpholine rings is 1. The Hall–Kier alpha value is -4.09. The van der Waals surface area contributed by atoms with Gasteiger partial charge in [-0.1, -0.05) is 12.1 Å². The highest BCUT2D eigenvalue weighted by Crippen LogP contribution is 2.24. The molecule has 1 fully saturated rings. The maximum absolute atomic E-state index is 12.6. The average Bonchev–Trinajstić information content (AvgIpc) is 3.36. The second kappa shape index (κ2) is 11.7. The highest BCUT2D eigenvalue weighted by Gasteiger charge is 2.30. The smallest absolute Gasteiger partial charge is 0.489 e. The van der Waals surface area contributed by atoms with Crippen LogP contribution in [0, 0.1) is 0 Å². The number of benzene rings is 3. The van der Waals surface area contributed by atoms with Crippen molar-refractivity contribution >= 4 is 16.9 Å². The summed E-state index contributed by atoms with van der Waals surface area (Å²) >= 11 is 0. The summed E-state index contributed by atoms with van der Waals surface area (Å²) in [5.74, 6) is 0.193. The SMILES string of the molecule is O=C(NCCN1CCOCC1)c1ccc2c(c1)ncn2-c1ccc(OCc2ccc(OC(F)(F)F)cc2)cc1. The molecule has 11 heteroatoms. The summed E-state index contributed by atoms with van der Waals surface area (Å²) in [4.78, 5) is 19.4. The van der Waals surface area contributed by atoms with Gasteiger partial charge in [0.1, 0.15) is 24.4 Å². The van der Waals surface area contributed by atoms with Crippen LogP contribution in [0.2, 0.25) is 0 Å². The number of rotatable bonds is 9. The fraction of sp³-hybridized carbons (Fsp3) is 0.286. The summed E-state index contributed by atoms with van der Waals surface area (Å²) in [6.45, 7) is 4.76. The summed E-state index contributed by atoms with van der Waals surface area (Å²) in [5, 5.41) is 2.97. The third kappa shape index (κ3) is 7.06. The van der Waals surface area contributed by atoms with Crippen molar-refractivity contribution in [1.29, 1.82) is 0 Å². The van der Waals surface area contributed by atoms with Crippen LogP contribution in [-0.4, -0.2) is 66.1 Å². The summed E-state index contributed by atoms with van der Waals surface area (Å²) < 4.78 is 53.8. The largest absolute Gasteiger partial charge is 0.573 e. The minimum absolute atomic E-state index is 0.135. The molecule has 1 aliphatic rings. The van der Waals surface area contributed by atoms with Gasteiger partial charge < -0.3 is 19.5 Å². The minimum Gasteiger partial charge on any atom is -0.489 e. The van der Waals surface area contributed by atoms with Gasteiger partial charge in [-0.2, -0.15) is 0 Å². The molecule has 0 atom stereocenters. The summed E-state index contributed by atoms with van der Waals surface area (Å²) in [6, 6.07) is 18.3. The first-order valence-corrected chi connectivity index (χ1v) is 12.5. The van der Waals surface area contributed by atoms with Gasteiger partial charge >= 0.3 is 6.36 Å². The zero-order chi connectivity index (χ0) is 27.2. The molecule has 3 aromatic carbocycles. The molecule has 4 aromatic rings. The van der Waals surface area contributed by atoms with Crippen molar-refractivity contribution in [2.75, 3.05) is 39.4 Å². The van der Waals surface area contributed by atoms with E-state index < -0.39 is 6.36 Å². The molecule has 5 rings (SSSR count). The number of carbonyl (C=O) groups is 1. The van der Waals surface area contributed by atoms with Gasteiger partial charge in [0.25, 0.3) is 5.91 Å². The molecule has 0 saturated carbocycles. The van der Waals surface area contributed by atoms with Crippen LogP contribution in [0.4, 0.5) is 13.2 Å². The highest BCUT2D eigenvalue weighted by atomic mass is 19.4. The van der Waals surface area contributed by atoms with Crippen molar-refractivity contribution in [2.45, 2.75) is 13.0 Å². The van der Waals surface area contributed by atoms with Gasteiger partial charge in [0.15, 0.2) is 0 Å². The maximum atomic E-state index is 12.6. The number of hydrogen-bond donors (Lipinski definition) is 1. The minimum atomic E-state index is -4.72. The van der Waals surface area contributed by atoms with Crippen molar-refractivity contribution in [3.8, 4) is 17.2 Å². The van der Waals surface area contributed by atoms with Crippen molar-refractivity contribution in [2.24, 2.45) is 0 Å². The standard InChI is InChI=1S/C28H27F3N4O4/c29-28(30,31)39-24-6-1-20(2-7-24)18-38-23-8-4-22(5-9-23)35-19-33-25-17-21(3-10-26(25)35)27(36)32-11-12-34-13-15-37-16-14-34/h1-10,17,19H,11-16,18H2,(H,32,36). The molecule has 8 nitrogen and oxygen atoms in total. The van der Waals surface area contributed by atoms with Crippen LogP contribution in [0.25, 0.3) is 16.7 Å². The number of nitrogens with one attached hydrogen (secondary N) is 1. The van der Waals surface area contributed by atoms with Crippen molar-refractivity contribution in [1.82, 2.24) is 19.8 Å². The van der Waals surface area contributed by atoms with E-state index in [0.29, 0.717) is 28.9 Å². The number of fused-ring (bicyclic) bond motifs is 1. The number of amides is 1. The fourth-order valence-electron chi connectivity index (χ4n) is 4.27. The lowest BCUT2D eigenvalue weighted by molar-refractivity contribution is -0.274. The molecule has 204 valence electrons. The second-order valence-electron chi connectivity index (χ2n) is 9.00. The molecule has 2 heterocycles. The second-order valence-corrected chi connectivity index (χ2v) is 9.00. The van der Waals surface area contributed by atoms with Crippen LogP contribution in [0.5, 0.6) is 11.5 Å². The number of hydrogen-bond acceptors (Lipinski definition) is 6. The van der Waals surface area contributed by atoms with Gasteiger partial charge in [0.2, 0.25) is 0 Å². The van der Waals surface area contributed by atoms with E-state index in [2.05, 4.69) is 19.9 Å². The number of nitrogens with zero attached hydrogens (tertiary/aromatic N) is 3. The van der Waals surface area contributed by atoms with E-state index in [4.69, 9.17) is 9.47 Å². The molecule has 0 bridgehead atoms. The highest BCUT2D eigenvalue weighted by molar-refractivity contribution is 5.97. The van der Waals surface area contributed by atoms with Crippen LogP contribution in [-0.2, 0) is 11.3 Å². The third-order valence-corrected chi connectivity index (χ3v) is 6.30. The molecule has 1 amide bonds. The van der Waals surface area contributed by atoms with E-state index in [9.17, 15) is 18.0 Å². The Labute approximate surface area is 222 Å². The van der Waals surface area contributed by atoms with Crippen LogP contribution in [0.3, 0.4) is 0 Å². The van der Waals surface area contributed by atoms with E-state index in [1.54, 1.807) is 30.6 Å². The molecule has 1 aliphatic heterocycles. The first kappa shape index (κ1) is 26.5. The van der Waals surface area contributed by atoms with Crippen LogP contribution in [0.15, 0.2) is 73.1 Å². The summed E-state index contributed by atoms with van der Waals surface area (Å²) in [5.41, 5.74) is 3.68. The van der Waals surface area contributed by atoms with E-state index >= 15 is 0 Å². The summed E-state index contributed by atoms with van der Waals surface area (Å²) in [6.07, 6.45) is -3.02. The first-order chi connectivity index (χ1) is 18.8. The molecular formula is C28H27F3N4O4. The molecule has 0 unspecified atom stereocenters. The molecule has 0 radical (unpaired) electrons. The van der Waals surface area contributed by atoms with Gasteiger partial charge in [0, 0.05) is 37.4 Å². The lowest BCUT2D eigenvalue weighted by Crippen LogP contribution is -2.41. The van der Waals surface area contributed by atoms with Gasteiger partial charge in [-0.05, 0) is 60.2 Å². The topological polar surface area (TPSA) is 77.9 Å². The third-order valence-electron chi connectivity index (χ3n) is 6.30. The lowest BCUT2D eigenvalue weighted by Gasteiger charge is -2.26. The van der Waals surface area contributed by atoms with Crippen molar-refractivity contribution in [3.63, 3.8) is 0 Å². The summed E-state index contributed by atoms with van der Waals surface area (Å²) in [7, 11) is 0. The van der Waals surface area contributed by atoms with Gasteiger partial charge in [-0.3, -0.25) is 14.3 Å². The van der Waals surface area contributed by atoms with E-state index in [-0.39, 0.29) is 18.3 Å². The Morgan fingerprint density at radius 3 is 2.41 bits per heavy atom. The molecule has 39 heavy (non-hydrogen) atoms. The van der Waals surface area contributed by atoms with Gasteiger partial charge in [-0.15, -0.1) is 13.2 Å². The zero-order valence-corrected chi connectivity index (χ0v) is 21.0. The van der Waals surface area contributed by atoms with Crippen LogP contribution >= 0.6 is 0 Å². The monoisotopic (exact) mass is 540 g/mol. The predicted octanol–water partition coefficient (Wildman–Crippen LogP) is 4.57. The van der Waals surface area contributed by atoms with E-state index in [1.807, 2.05) is 22.8 Å². The van der Waals surface area contributed by atoms with E-state index in [0.717, 1.165) is 44.1 Å². The molecule has 1 aromatic heterocycles. The fourth-order valence-corrected chi connectivity index (χ4v) is 4.27. The number of carbonyl (C=O) groups excluding carboxylic acids is 1. The van der Waals surface area contributed by atoms with Crippen molar-refractivity contribution in [3.05, 3.63) is 84.2 Å². The van der Waals surface area contributed by atoms with Crippen LogP contribution in [0.1, 0.15) is 15.9 Å². The number of imidazole rings is 1. The Morgan fingerprint density at radius 2 is 1.69 bits per heavy atom. The van der Waals surface area contributed by atoms with Gasteiger partial charge in [0.05, 0.1) is 24.2 Å². The number of alkyl halides is 3. The number of halogens is 3. The lowest BCUT2D eigenvalue weighted by atomic mass is 10.2. The predicted molar refractivity (Wildman–Crippen MR) is 138 cm³/mol. The molecule has 1 N–H and O–H groups in total. The quantitative estimate of drug-likeness (QED) is 0.335. The van der Waals surface area contributed by atoms with E-state index in [1.165, 1.54) is 24.3 Å². The average molecular weight is 541 g/mol. The molecule has 0 aliphatic carbocycles. The number of ether oxygens (including phenoxy) is 3. The zero-order valence-electron chi connectivity index (χ0n) is 21.0. The Bertz CT molecular complexity index is 1400. The van der Waals surface area contributed by atoms with Crippen LogP contribution < -0.4 is 14.8 Å². The van der Waals surface area contributed by atoms with Gasteiger partial charge in [-0.25, -0.2) is 4.98 Å². The number of aromatic nitrogens is 2. The maximum Gasteiger partial charge on any atom is 0.573 e. The van der Waals surface area contributed by atoms with Crippen molar-refractivity contribution < 1.29 is 32.2 Å². The Morgan fingerprint density at radius 1 is 0.974 bits per heavy atom. The molecule has 1 saturated heterocycles. The Kier molecular flexibility index (Phi) is 7.99. The molecule has 0 spiro atoms.